The SMILES string of the molecule is COc1ccccc1-c1nnc(CNc2ccc(N3CCCC3)cc2)o1. The zero-order valence-corrected chi connectivity index (χ0v) is 14.8. The molecule has 3 aromatic rings. The van der Waals surface area contributed by atoms with Crippen LogP contribution in [0.4, 0.5) is 11.4 Å². The molecule has 1 aliphatic rings. The van der Waals surface area contributed by atoms with Crippen LogP contribution >= 0.6 is 0 Å². The van der Waals surface area contributed by atoms with Gasteiger partial charge < -0.3 is 19.4 Å². The maximum atomic E-state index is 5.77. The van der Waals surface area contributed by atoms with E-state index in [-0.39, 0.29) is 0 Å². The van der Waals surface area contributed by atoms with E-state index in [1.807, 2.05) is 24.3 Å². The van der Waals surface area contributed by atoms with E-state index in [0.29, 0.717) is 24.1 Å². The second kappa shape index (κ2) is 7.47. The van der Waals surface area contributed by atoms with Gasteiger partial charge in [0.15, 0.2) is 0 Å². The highest BCUT2D eigenvalue weighted by molar-refractivity contribution is 5.62. The zero-order chi connectivity index (χ0) is 17.8. The molecule has 0 amide bonds. The largest absolute Gasteiger partial charge is 0.496 e. The highest BCUT2D eigenvalue weighted by Gasteiger charge is 2.13. The fourth-order valence-electron chi connectivity index (χ4n) is 3.20. The molecule has 1 saturated heterocycles. The van der Waals surface area contributed by atoms with Gasteiger partial charge in [0, 0.05) is 24.5 Å². The zero-order valence-electron chi connectivity index (χ0n) is 14.8. The number of para-hydroxylation sites is 1. The van der Waals surface area contributed by atoms with Crippen molar-refractivity contribution in [2.45, 2.75) is 19.4 Å². The molecule has 134 valence electrons. The van der Waals surface area contributed by atoms with E-state index >= 15 is 0 Å². The maximum absolute atomic E-state index is 5.77. The molecule has 1 fully saturated rings. The third-order valence-electron chi connectivity index (χ3n) is 4.59. The van der Waals surface area contributed by atoms with Gasteiger partial charge in [-0.15, -0.1) is 10.2 Å². The summed E-state index contributed by atoms with van der Waals surface area (Å²) in [5.41, 5.74) is 3.11. The molecule has 6 heteroatoms. The van der Waals surface area contributed by atoms with Gasteiger partial charge in [-0.1, -0.05) is 12.1 Å². The molecule has 0 atom stereocenters. The van der Waals surface area contributed by atoms with Crippen LogP contribution in [0.5, 0.6) is 5.75 Å². The Kier molecular flexibility index (Phi) is 4.73. The number of hydrogen-bond donors (Lipinski definition) is 1. The molecule has 4 rings (SSSR count). The molecule has 0 aliphatic carbocycles. The van der Waals surface area contributed by atoms with Crippen LogP contribution in [0.1, 0.15) is 18.7 Å². The van der Waals surface area contributed by atoms with E-state index in [1.165, 1.54) is 18.5 Å². The van der Waals surface area contributed by atoms with Crippen molar-refractivity contribution in [1.82, 2.24) is 10.2 Å². The van der Waals surface area contributed by atoms with Gasteiger partial charge in [-0.25, -0.2) is 0 Å². The van der Waals surface area contributed by atoms with Crippen molar-refractivity contribution < 1.29 is 9.15 Å². The average molecular weight is 350 g/mol. The Balaban J connectivity index is 1.40. The Hall–Kier alpha value is -3.02. The quantitative estimate of drug-likeness (QED) is 0.726. The highest BCUT2D eigenvalue weighted by atomic mass is 16.5. The van der Waals surface area contributed by atoms with Gasteiger partial charge in [-0.2, -0.15) is 0 Å². The van der Waals surface area contributed by atoms with Gasteiger partial charge in [0.1, 0.15) is 5.75 Å². The van der Waals surface area contributed by atoms with Crippen molar-refractivity contribution in [3.8, 4) is 17.2 Å². The minimum absolute atomic E-state index is 0.462. The molecule has 2 aromatic carbocycles. The van der Waals surface area contributed by atoms with Gasteiger partial charge >= 0.3 is 0 Å². The predicted molar refractivity (Wildman–Crippen MR) is 102 cm³/mol. The molecule has 0 bridgehead atoms. The van der Waals surface area contributed by atoms with E-state index in [2.05, 4.69) is 44.7 Å². The van der Waals surface area contributed by atoms with Crippen LogP contribution in [0.15, 0.2) is 52.9 Å². The summed E-state index contributed by atoms with van der Waals surface area (Å²) in [6.45, 7) is 2.78. The molecule has 0 radical (unpaired) electrons. The van der Waals surface area contributed by atoms with Crippen LogP contribution in [0.3, 0.4) is 0 Å². The number of nitrogens with one attached hydrogen (secondary N) is 1. The second-order valence-corrected chi connectivity index (χ2v) is 6.30. The summed E-state index contributed by atoms with van der Waals surface area (Å²) < 4.78 is 11.1. The number of ether oxygens (including phenoxy) is 1. The van der Waals surface area contributed by atoms with E-state index in [9.17, 15) is 0 Å². The number of anilines is 2. The van der Waals surface area contributed by atoms with Crippen molar-refractivity contribution in [2.24, 2.45) is 0 Å². The number of benzene rings is 2. The van der Waals surface area contributed by atoms with Crippen molar-refractivity contribution in [3.05, 3.63) is 54.4 Å². The van der Waals surface area contributed by atoms with Gasteiger partial charge in [-0.3, -0.25) is 0 Å². The van der Waals surface area contributed by atoms with Gasteiger partial charge in [-0.05, 0) is 49.2 Å². The van der Waals surface area contributed by atoms with Crippen molar-refractivity contribution in [3.63, 3.8) is 0 Å². The number of nitrogens with zero attached hydrogens (tertiary/aromatic N) is 3. The fraction of sp³-hybridized carbons (Fsp3) is 0.300. The van der Waals surface area contributed by atoms with Crippen LogP contribution in [-0.2, 0) is 6.54 Å². The number of rotatable bonds is 6. The lowest BCUT2D eigenvalue weighted by molar-refractivity contribution is 0.413. The smallest absolute Gasteiger partial charge is 0.251 e. The maximum Gasteiger partial charge on any atom is 0.251 e. The molecule has 26 heavy (non-hydrogen) atoms. The standard InChI is InChI=1S/C20H22N4O2/c1-25-18-7-3-2-6-17(18)20-23-22-19(26-20)14-21-15-8-10-16(11-9-15)24-12-4-5-13-24/h2-3,6-11,21H,4-5,12-14H2,1H3. The van der Waals surface area contributed by atoms with Gasteiger partial charge in [0.2, 0.25) is 5.89 Å². The fourth-order valence-corrected chi connectivity index (χ4v) is 3.20. The van der Waals surface area contributed by atoms with Crippen LogP contribution in [-0.4, -0.2) is 30.4 Å². The first kappa shape index (κ1) is 16.4. The Morgan fingerprint density at radius 2 is 1.81 bits per heavy atom. The first-order chi connectivity index (χ1) is 12.8. The third kappa shape index (κ3) is 3.49. The molecular weight excluding hydrogens is 328 g/mol. The topological polar surface area (TPSA) is 63.4 Å². The minimum atomic E-state index is 0.462. The van der Waals surface area contributed by atoms with Crippen molar-refractivity contribution >= 4 is 11.4 Å². The monoisotopic (exact) mass is 350 g/mol. The van der Waals surface area contributed by atoms with Gasteiger partial charge in [0.25, 0.3) is 5.89 Å². The molecule has 0 unspecified atom stereocenters. The molecule has 1 aromatic heterocycles. The summed E-state index contributed by atoms with van der Waals surface area (Å²) in [4.78, 5) is 2.42. The molecular formula is C20H22N4O2. The lowest BCUT2D eigenvalue weighted by Crippen LogP contribution is -2.17. The van der Waals surface area contributed by atoms with Crippen molar-refractivity contribution in [1.29, 1.82) is 0 Å². The Morgan fingerprint density at radius 1 is 1.04 bits per heavy atom. The molecule has 2 heterocycles. The molecule has 1 aliphatic heterocycles. The van der Waals surface area contributed by atoms with E-state index in [0.717, 1.165) is 24.3 Å². The number of aromatic nitrogens is 2. The van der Waals surface area contributed by atoms with Gasteiger partial charge in [0.05, 0.1) is 19.2 Å². The summed E-state index contributed by atoms with van der Waals surface area (Å²) in [6, 6.07) is 16.1. The van der Waals surface area contributed by atoms with Crippen LogP contribution in [0, 0.1) is 0 Å². The Bertz CT molecular complexity index is 854. The summed E-state index contributed by atoms with van der Waals surface area (Å²) in [5, 5.41) is 11.6. The lowest BCUT2D eigenvalue weighted by Gasteiger charge is -2.17. The summed E-state index contributed by atoms with van der Waals surface area (Å²) in [7, 11) is 1.63. The van der Waals surface area contributed by atoms with Crippen LogP contribution in [0.2, 0.25) is 0 Å². The van der Waals surface area contributed by atoms with Crippen LogP contribution in [0.25, 0.3) is 11.5 Å². The predicted octanol–water partition coefficient (Wildman–Crippen LogP) is 3.96. The summed E-state index contributed by atoms with van der Waals surface area (Å²) >= 11 is 0. The number of methoxy groups -OCH3 is 1. The first-order valence-corrected chi connectivity index (χ1v) is 8.88. The highest BCUT2D eigenvalue weighted by Crippen LogP contribution is 2.28. The molecule has 0 saturated carbocycles. The van der Waals surface area contributed by atoms with Crippen LogP contribution < -0.4 is 15.0 Å². The molecule has 1 N–H and O–H groups in total. The summed E-state index contributed by atoms with van der Waals surface area (Å²) in [5.74, 6) is 1.71. The van der Waals surface area contributed by atoms with E-state index < -0.39 is 0 Å². The lowest BCUT2D eigenvalue weighted by atomic mass is 10.2. The number of hydrogen-bond acceptors (Lipinski definition) is 6. The second-order valence-electron chi connectivity index (χ2n) is 6.30. The Morgan fingerprint density at radius 3 is 2.58 bits per heavy atom. The average Bonchev–Trinajstić information content (AvgIpc) is 3.39. The Labute approximate surface area is 152 Å². The molecule has 6 nitrogen and oxygen atoms in total. The summed E-state index contributed by atoms with van der Waals surface area (Å²) in [6.07, 6.45) is 2.57. The normalized spacial score (nSPS) is 13.8. The first-order valence-electron chi connectivity index (χ1n) is 8.88. The van der Waals surface area contributed by atoms with E-state index in [1.54, 1.807) is 7.11 Å². The van der Waals surface area contributed by atoms with Crippen molar-refractivity contribution in [2.75, 3.05) is 30.4 Å². The molecule has 0 spiro atoms. The van der Waals surface area contributed by atoms with E-state index in [4.69, 9.17) is 9.15 Å². The third-order valence-corrected chi connectivity index (χ3v) is 4.59. The minimum Gasteiger partial charge on any atom is -0.496 e.